The fraction of sp³-hybridized carbons (Fsp3) is 0.333. The third-order valence-electron chi connectivity index (χ3n) is 3.90. The number of amides is 2. The third-order valence-corrected chi connectivity index (χ3v) is 5.29. The average Bonchev–Trinajstić information content (AvgIpc) is 3.13. The van der Waals surface area contributed by atoms with Gasteiger partial charge in [-0.25, -0.2) is 4.79 Å². The van der Waals surface area contributed by atoms with Crippen LogP contribution in [-0.2, 0) is 19.2 Å². The van der Waals surface area contributed by atoms with Crippen LogP contribution < -0.4 is 5.32 Å². The Hall–Kier alpha value is -2.95. The number of aliphatic hydroxyl groups is 1. The number of carbonyl (C=O) groups is 3. The highest BCUT2D eigenvalue weighted by molar-refractivity contribution is 8.00. The highest BCUT2D eigenvalue weighted by Gasteiger charge is 2.56. The highest BCUT2D eigenvalue weighted by atomic mass is 32.2. The van der Waals surface area contributed by atoms with E-state index in [4.69, 9.17) is 4.42 Å². The molecule has 1 aromatic heterocycles. The molecule has 0 saturated carbocycles. The van der Waals surface area contributed by atoms with Crippen LogP contribution in [0.4, 0.5) is 0 Å². The van der Waals surface area contributed by atoms with Gasteiger partial charge in [-0.1, -0.05) is 5.16 Å². The molecule has 10 nitrogen and oxygen atoms in total. The Kier molecular flexibility index (Phi) is 4.64. The summed E-state index contributed by atoms with van der Waals surface area (Å²) in [4.78, 5) is 41.8. The van der Waals surface area contributed by atoms with E-state index in [2.05, 4.69) is 15.3 Å². The topological polar surface area (TPSA) is 142 Å². The highest BCUT2D eigenvalue weighted by Crippen LogP contribution is 2.43. The minimum atomic E-state index is -1.41. The van der Waals surface area contributed by atoms with Gasteiger partial charge in [0, 0.05) is 0 Å². The van der Waals surface area contributed by atoms with Gasteiger partial charge in [-0.2, -0.15) is 0 Å². The average molecular weight is 381 g/mol. The first kappa shape index (κ1) is 17.9. The first-order valence-electron chi connectivity index (χ1n) is 7.47. The van der Waals surface area contributed by atoms with Crippen LogP contribution in [0, 0.1) is 0 Å². The molecule has 2 aliphatic rings. The van der Waals surface area contributed by atoms with Crippen molar-refractivity contribution in [2.45, 2.75) is 23.6 Å². The van der Waals surface area contributed by atoms with Gasteiger partial charge in [0.05, 0.1) is 11.5 Å². The second-order valence-electron chi connectivity index (χ2n) is 5.47. The Morgan fingerprint density at radius 2 is 2.19 bits per heavy atom. The van der Waals surface area contributed by atoms with Gasteiger partial charge in [0.2, 0.25) is 5.71 Å². The molecule has 0 radical (unpaired) electrons. The van der Waals surface area contributed by atoms with E-state index >= 15 is 0 Å². The molecule has 0 spiro atoms. The fourth-order valence-corrected chi connectivity index (χ4v) is 4.02. The van der Waals surface area contributed by atoms with Crippen LogP contribution in [0.3, 0.4) is 0 Å². The van der Waals surface area contributed by atoms with E-state index in [0.29, 0.717) is 0 Å². The fourth-order valence-electron chi connectivity index (χ4n) is 2.69. The predicted octanol–water partition coefficient (Wildman–Crippen LogP) is 0.273. The van der Waals surface area contributed by atoms with Gasteiger partial charge in [0.15, 0.2) is 11.5 Å². The van der Waals surface area contributed by atoms with Gasteiger partial charge in [-0.15, -0.1) is 11.8 Å². The molecule has 2 amide bonds. The summed E-state index contributed by atoms with van der Waals surface area (Å²) in [5, 5.41) is 24.2. The molecule has 0 aromatic carbocycles. The standard InChI is InChI=1S/C15H15N3O7S/c1-6-11(19)10(15(22)23)18-13(21)9(14(18)26-6)16-12(20)8(17-24-2)7-4-3-5-25-7/h3-6,9,14,19H,1-2H3,(H,16,20)(H,22,23)/b17-8-/t6?,9-,14-/m1/s1. The molecule has 3 atom stereocenters. The number of hydrogen-bond donors (Lipinski definition) is 3. The summed E-state index contributed by atoms with van der Waals surface area (Å²) in [5.74, 6) is -2.97. The van der Waals surface area contributed by atoms with Crippen LogP contribution in [0.5, 0.6) is 0 Å². The minimum absolute atomic E-state index is 0.154. The van der Waals surface area contributed by atoms with Crippen molar-refractivity contribution in [1.29, 1.82) is 0 Å². The monoisotopic (exact) mass is 381 g/mol. The van der Waals surface area contributed by atoms with Gasteiger partial charge < -0.3 is 24.8 Å². The summed E-state index contributed by atoms with van der Waals surface area (Å²) < 4.78 is 5.13. The second-order valence-corrected chi connectivity index (χ2v) is 6.93. The number of aliphatic carboxylic acids is 1. The van der Waals surface area contributed by atoms with Gasteiger partial charge in [0.25, 0.3) is 11.8 Å². The van der Waals surface area contributed by atoms with E-state index in [9.17, 15) is 24.6 Å². The van der Waals surface area contributed by atoms with E-state index in [1.807, 2.05) is 0 Å². The van der Waals surface area contributed by atoms with E-state index in [-0.39, 0.29) is 17.2 Å². The second kappa shape index (κ2) is 6.75. The SMILES string of the molecule is CO/N=C(\C(=O)N[C@@H]1C(=O)N2C(C(=O)O)=C(O)C(C)S[C@H]12)c1ccco1. The van der Waals surface area contributed by atoms with Crippen molar-refractivity contribution in [3.63, 3.8) is 0 Å². The zero-order valence-electron chi connectivity index (χ0n) is 13.7. The van der Waals surface area contributed by atoms with E-state index < -0.39 is 40.1 Å². The molecule has 138 valence electrons. The van der Waals surface area contributed by atoms with Crippen LogP contribution in [-0.4, -0.2) is 62.4 Å². The first-order chi connectivity index (χ1) is 12.4. The lowest BCUT2D eigenvalue weighted by molar-refractivity contribution is -0.150. The van der Waals surface area contributed by atoms with Crippen molar-refractivity contribution in [3.8, 4) is 0 Å². The van der Waals surface area contributed by atoms with Crippen molar-refractivity contribution < 1.29 is 33.9 Å². The summed E-state index contributed by atoms with van der Waals surface area (Å²) >= 11 is 1.17. The number of furan rings is 1. The number of oxime groups is 1. The summed E-state index contributed by atoms with van der Waals surface area (Å²) in [7, 11) is 1.26. The van der Waals surface area contributed by atoms with Crippen molar-refractivity contribution in [2.24, 2.45) is 5.16 Å². The first-order valence-corrected chi connectivity index (χ1v) is 8.42. The number of aliphatic hydroxyl groups excluding tert-OH is 1. The Morgan fingerprint density at radius 3 is 2.77 bits per heavy atom. The molecule has 11 heteroatoms. The summed E-state index contributed by atoms with van der Waals surface area (Å²) in [5.41, 5.74) is -0.622. The summed E-state index contributed by atoms with van der Waals surface area (Å²) in [6.45, 7) is 1.61. The van der Waals surface area contributed by atoms with E-state index in [1.54, 1.807) is 13.0 Å². The molecule has 2 aliphatic heterocycles. The van der Waals surface area contributed by atoms with Crippen LogP contribution in [0.25, 0.3) is 0 Å². The van der Waals surface area contributed by atoms with Gasteiger partial charge in [-0.3, -0.25) is 14.5 Å². The summed E-state index contributed by atoms with van der Waals surface area (Å²) in [6, 6.07) is 2.11. The number of β-lactam (4-membered cyclic amide) rings is 1. The molecule has 0 aliphatic carbocycles. The predicted molar refractivity (Wildman–Crippen MR) is 89.2 cm³/mol. The number of nitrogens with zero attached hydrogens (tertiary/aromatic N) is 2. The van der Waals surface area contributed by atoms with Crippen molar-refractivity contribution >= 4 is 35.3 Å². The van der Waals surface area contributed by atoms with E-state index in [0.717, 1.165) is 4.90 Å². The Morgan fingerprint density at radius 1 is 1.46 bits per heavy atom. The molecular formula is C15H15N3O7S. The van der Waals surface area contributed by atoms with Crippen LogP contribution in [0.1, 0.15) is 12.7 Å². The lowest BCUT2D eigenvalue weighted by Crippen LogP contribution is -2.71. The maximum atomic E-state index is 12.5. The number of nitrogens with one attached hydrogen (secondary N) is 1. The smallest absolute Gasteiger partial charge is 0.356 e. The van der Waals surface area contributed by atoms with Crippen LogP contribution in [0.2, 0.25) is 0 Å². The Balaban J connectivity index is 1.81. The lowest BCUT2D eigenvalue weighted by atomic mass is 10.0. The molecule has 1 aromatic rings. The number of thioether (sulfide) groups is 1. The van der Waals surface area contributed by atoms with E-state index in [1.165, 1.54) is 31.2 Å². The third kappa shape index (κ3) is 2.79. The molecule has 1 fully saturated rings. The normalized spacial score (nSPS) is 25.5. The van der Waals surface area contributed by atoms with Crippen molar-refractivity contribution in [3.05, 3.63) is 35.6 Å². The number of fused-ring (bicyclic) bond motifs is 1. The van der Waals surface area contributed by atoms with Crippen LogP contribution >= 0.6 is 11.8 Å². The molecule has 3 N–H and O–H groups in total. The molecule has 1 unspecified atom stereocenters. The number of carbonyl (C=O) groups excluding carboxylic acids is 2. The molecule has 3 rings (SSSR count). The number of rotatable bonds is 5. The molecule has 3 heterocycles. The number of carboxylic acid groups (broad SMARTS) is 1. The maximum Gasteiger partial charge on any atom is 0.356 e. The van der Waals surface area contributed by atoms with Crippen molar-refractivity contribution in [2.75, 3.05) is 7.11 Å². The zero-order chi connectivity index (χ0) is 19.0. The van der Waals surface area contributed by atoms with Crippen molar-refractivity contribution in [1.82, 2.24) is 10.2 Å². The number of carboxylic acids is 1. The molecule has 0 bridgehead atoms. The van der Waals surface area contributed by atoms with Crippen LogP contribution in [0.15, 0.2) is 39.4 Å². The van der Waals surface area contributed by atoms with Gasteiger partial charge in [0.1, 0.15) is 24.3 Å². The Bertz CT molecular complexity index is 817. The largest absolute Gasteiger partial charge is 0.509 e. The van der Waals surface area contributed by atoms with Gasteiger partial charge in [-0.05, 0) is 19.1 Å². The lowest BCUT2D eigenvalue weighted by Gasteiger charge is -2.49. The molecule has 1 saturated heterocycles. The quantitative estimate of drug-likeness (QED) is 0.375. The molecule has 26 heavy (non-hydrogen) atoms. The summed E-state index contributed by atoms with van der Waals surface area (Å²) in [6.07, 6.45) is 1.36. The van der Waals surface area contributed by atoms with Gasteiger partial charge >= 0.3 is 5.97 Å². The zero-order valence-corrected chi connectivity index (χ0v) is 14.5. The molecular weight excluding hydrogens is 366 g/mol. The maximum absolute atomic E-state index is 12.5. The number of hydrogen-bond acceptors (Lipinski definition) is 8. The Labute approximate surface area is 151 Å². The minimum Gasteiger partial charge on any atom is -0.509 e.